The van der Waals surface area contributed by atoms with Crippen LogP contribution in [0.4, 0.5) is 10.2 Å². The lowest BCUT2D eigenvalue weighted by atomic mass is 10.0. The van der Waals surface area contributed by atoms with Gasteiger partial charge in [0.05, 0.1) is 11.4 Å². The number of aromatic nitrogens is 5. The summed E-state index contributed by atoms with van der Waals surface area (Å²) in [5, 5.41) is 16.1. The lowest BCUT2D eigenvalue weighted by Crippen LogP contribution is -2.20. The molecule has 9 heteroatoms. The highest BCUT2D eigenvalue weighted by molar-refractivity contribution is 5.90. The lowest BCUT2D eigenvalue weighted by Gasteiger charge is -2.08. The number of nitrogens with one attached hydrogen (secondary N) is 1. The summed E-state index contributed by atoms with van der Waals surface area (Å²) >= 11 is 0. The Kier molecular flexibility index (Phi) is 6.17. The summed E-state index contributed by atoms with van der Waals surface area (Å²) in [5.74, 6) is 0.139. The van der Waals surface area contributed by atoms with Crippen LogP contribution in [0.3, 0.4) is 0 Å². The van der Waals surface area contributed by atoms with Gasteiger partial charge in [-0.1, -0.05) is 0 Å². The van der Waals surface area contributed by atoms with E-state index in [2.05, 4.69) is 25.4 Å². The number of nitrogens with zero attached hydrogens (tertiary/aromatic N) is 6. The van der Waals surface area contributed by atoms with Gasteiger partial charge in [0.2, 0.25) is 5.91 Å². The van der Waals surface area contributed by atoms with Gasteiger partial charge in [0.25, 0.3) is 0 Å². The van der Waals surface area contributed by atoms with Crippen LogP contribution < -0.4 is 5.32 Å². The predicted molar refractivity (Wildman–Crippen MR) is 121 cm³/mol. The van der Waals surface area contributed by atoms with Gasteiger partial charge >= 0.3 is 0 Å². The number of halogens is 1. The molecule has 0 aliphatic heterocycles. The van der Waals surface area contributed by atoms with Crippen LogP contribution in [0.2, 0.25) is 0 Å². The molecule has 0 aliphatic carbocycles. The van der Waals surface area contributed by atoms with Gasteiger partial charge in [0, 0.05) is 41.0 Å². The second-order valence-electron chi connectivity index (χ2n) is 7.40. The topological polar surface area (TPSA) is 109 Å². The number of nitriles is 1. The first-order chi connectivity index (χ1) is 16.0. The number of carbonyl (C=O) groups excluding carboxylic acids is 1. The molecule has 1 amide bonds. The molecule has 4 rings (SSSR count). The van der Waals surface area contributed by atoms with Gasteiger partial charge in [-0.15, -0.1) is 0 Å². The number of alkyl halides is 1. The number of pyridine rings is 3. The summed E-state index contributed by atoms with van der Waals surface area (Å²) in [4.78, 5) is 24.9. The highest BCUT2D eigenvalue weighted by Crippen LogP contribution is 2.27. The largest absolute Gasteiger partial charge is 0.309 e. The Morgan fingerprint density at radius 1 is 1.06 bits per heavy atom. The van der Waals surface area contributed by atoms with Crippen molar-refractivity contribution in [3.8, 4) is 28.3 Å². The lowest BCUT2D eigenvalue weighted by molar-refractivity contribution is -0.117. The van der Waals surface area contributed by atoms with E-state index in [1.807, 2.05) is 26.0 Å². The molecule has 33 heavy (non-hydrogen) atoms. The second kappa shape index (κ2) is 9.36. The maximum Gasteiger partial charge on any atom is 0.247 e. The first-order valence-corrected chi connectivity index (χ1v) is 10.2. The number of aryl methyl sites for hydroxylation is 1. The molecule has 8 nitrogen and oxygen atoms in total. The fourth-order valence-corrected chi connectivity index (χ4v) is 3.56. The molecule has 4 aromatic heterocycles. The molecule has 1 N–H and O–H groups in total. The molecule has 0 radical (unpaired) electrons. The Bertz CT molecular complexity index is 1340. The Labute approximate surface area is 189 Å². The minimum atomic E-state index is -0.643. The summed E-state index contributed by atoms with van der Waals surface area (Å²) < 4.78 is 14.6. The zero-order chi connectivity index (χ0) is 23.4. The monoisotopic (exact) mass is 441 g/mol. The van der Waals surface area contributed by atoms with Gasteiger partial charge in [-0.2, -0.15) is 10.4 Å². The van der Waals surface area contributed by atoms with Crippen molar-refractivity contribution >= 4 is 11.7 Å². The van der Waals surface area contributed by atoms with Gasteiger partial charge in [-0.25, -0.2) is 14.4 Å². The summed E-state index contributed by atoms with van der Waals surface area (Å²) in [6.07, 6.45) is 4.80. The summed E-state index contributed by atoms with van der Waals surface area (Å²) in [6, 6.07) is 12.4. The van der Waals surface area contributed by atoms with E-state index in [0.717, 1.165) is 33.6 Å². The SMILES string of the molecule is Cc1nn(CC(=O)Nc2ccc(-c3ccc(C#N)nc3)cn2)c(C)c1-c1ccnc(CF)c1. The smallest absolute Gasteiger partial charge is 0.247 e. The Hall–Kier alpha value is -4.45. The molecule has 4 heterocycles. The van der Waals surface area contributed by atoms with Gasteiger partial charge in [-0.3, -0.25) is 14.5 Å². The van der Waals surface area contributed by atoms with Gasteiger partial charge < -0.3 is 5.32 Å². The van der Waals surface area contributed by atoms with Crippen LogP contribution >= 0.6 is 0 Å². The number of amides is 1. The van der Waals surface area contributed by atoms with Crippen molar-refractivity contribution in [3.05, 3.63) is 77.8 Å². The van der Waals surface area contributed by atoms with E-state index < -0.39 is 6.67 Å². The molecule has 0 unspecified atom stereocenters. The minimum Gasteiger partial charge on any atom is -0.309 e. The van der Waals surface area contributed by atoms with Crippen molar-refractivity contribution in [2.24, 2.45) is 0 Å². The van der Waals surface area contributed by atoms with Crippen molar-refractivity contribution < 1.29 is 9.18 Å². The average Bonchev–Trinajstić information content (AvgIpc) is 3.12. The Morgan fingerprint density at radius 3 is 2.45 bits per heavy atom. The van der Waals surface area contributed by atoms with E-state index >= 15 is 0 Å². The maximum absolute atomic E-state index is 13.0. The number of anilines is 1. The molecule has 0 saturated heterocycles. The third-order valence-electron chi connectivity index (χ3n) is 5.16. The molecule has 0 spiro atoms. The maximum atomic E-state index is 13.0. The number of rotatable bonds is 6. The quantitative estimate of drug-likeness (QED) is 0.484. The van der Waals surface area contributed by atoms with Gasteiger partial charge in [0.1, 0.15) is 30.8 Å². The van der Waals surface area contributed by atoms with Crippen LogP contribution in [-0.2, 0) is 18.0 Å². The van der Waals surface area contributed by atoms with E-state index in [-0.39, 0.29) is 12.5 Å². The Morgan fingerprint density at radius 2 is 1.82 bits per heavy atom. The Balaban J connectivity index is 1.46. The van der Waals surface area contributed by atoms with Crippen LogP contribution in [-0.4, -0.2) is 30.6 Å². The van der Waals surface area contributed by atoms with Crippen LogP contribution in [0.1, 0.15) is 22.8 Å². The van der Waals surface area contributed by atoms with Crippen molar-refractivity contribution in [3.63, 3.8) is 0 Å². The summed E-state index contributed by atoms with van der Waals surface area (Å²) in [7, 11) is 0. The summed E-state index contributed by atoms with van der Waals surface area (Å²) in [5.41, 5.74) is 5.55. The zero-order valence-electron chi connectivity index (χ0n) is 18.1. The predicted octanol–water partition coefficient (Wildman–Crippen LogP) is 4.00. The van der Waals surface area contributed by atoms with E-state index in [1.165, 1.54) is 0 Å². The second-order valence-corrected chi connectivity index (χ2v) is 7.40. The fraction of sp³-hybridized carbons (Fsp3) is 0.167. The van der Waals surface area contributed by atoms with Crippen molar-refractivity contribution in [2.45, 2.75) is 27.1 Å². The standard InChI is InChI=1S/C24H20FN7O/c1-15-24(17-7-8-27-21(9-17)10-25)16(2)32(31-15)14-23(33)30-22-6-4-19(13-29-22)18-3-5-20(11-26)28-12-18/h3-9,12-13H,10,14H2,1-2H3,(H,29,30,33). The molecule has 0 bridgehead atoms. The van der Waals surface area contributed by atoms with Crippen LogP contribution in [0.5, 0.6) is 0 Å². The van der Waals surface area contributed by atoms with Gasteiger partial charge in [0.15, 0.2) is 0 Å². The van der Waals surface area contributed by atoms with E-state index in [1.54, 1.807) is 53.6 Å². The normalized spacial score (nSPS) is 10.6. The highest BCUT2D eigenvalue weighted by Gasteiger charge is 2.16. The molecular formula is C24H20FN7O. The molecule has 0 fully saturated rings. The third-order valence-corrected chi connectivity index (χ3v) is 5.16. The van der Waals surface area contributed by atoms with Crippen molar-refractivity contribution in [2.75, 3.05) is 5.32 Å². The molecule has 164 valence electrons. The van der Waals surface area contributed by atoms with Crippen molar-refractivity contribution in [1.82, 2.24) is 24.7 Å². The molecule has 0 aliphatic rings. The fourth-order valence-electron chi connectivity index (χ4n) is 3.56. The number of carbonyl (C=O) groups is 1. The van der Waals surface area contributed by atoms with Crippen LogP contribution in [0, 0.1) is 25.2 Å². The van der Waals surface area contributed by atoms with Crippen molar-refractivity contribution in [1.29, 1.82) is 5.26 Å². The molecule has 0 atom stereocenters. The highest BCUT2D eigenvalue weighted by atomic mass is 19.1. The third kappa shape index (κ3) is 4.75. The van der Waals surface area contributed by atoms with Crippen LogP contribution in [0.25, 0.3) is 22.3 Å². The zero-order valence-corrected chi connectivity index (χ0v) is 18.1. The number of hydrogen-bond acceptors (Lipinski definition) is 6. The van der Waals surface area contributed by atoms with Gasteiger partial charge in [-0.05, 0) is 55.8 Å². The van der Waals surface area contributed by atoms with Crippen LogP contribution in [0.15, 0.2) is 55.0 Å². The van der Waals surface area contributed by atoms with E-state index in [0.29, 0.717) is 17.2 Å². The molecule has 0 aromatic carbocycles. The number of hydrogen-bond donors (Lipinski definition) is 1. The summed E-state index contributed by atoms with van der Waals surface area (Å²) in [6.45, 7) is 3.09. The minimum absolute atomic E-state index is 0.0106. The molecule has 4 aromatic rings. The average molecular weight is 441 g/mol. The molecule has 0 saturated carbocycles. The first kappa shape index (κ1) is 21.8. The molecular weight excluding hydrogens is 421 g/mol. The van der Waals surface area contributed by atoms with E-state index in [9.17, 15) is 9.18 Å². The van der Waals surface area contributed by atoms with E-state index in [4.69, 9.17) is 5.26 Å². The first-order valence-electron chi connectivity index (χ1n) is 10.2.